The summed E-state index contributed by atoms with van der Waals surface area (Å²) in [4.78, 5) is 34.3. The summed E-state index contributed by atoms with van der Waals surface area (Å²) in [7, 11) is 1.56. The fourth-order valence-electron chi connectivity index (χ4n) is 1.42. The number of rotatable bonds is 7. The second-order valence-electron chi connectivity index (χ2n) is 4.55. The monoisotopic (exact) mass is 260 g/mol. The molecule has 0 rings (SSSR count). The van der Waals surface area contributed by atoms with Crippen LogP contribution in [0.25, 0.3) is 0 Å². The topological polar surface area (TPSA) is 107 Å². The van der Waals surface area contributed by atoms with Crippen LogP contribution in [-0.4, -0.2) is 52.7 Å². The van der Waals surface area contributed by atoms with Crippen LogP contribution in [0.4, 0.5) is 4.79 Å². The molecule has 0 aliphatic carbocycles. The molecule has 0 fully saturated rings. The maximum atomic E-state index is 11.6. The van der Waals surface area contributed by atoms with E-state index in [4.69, 9.17) is 10.2 Å². The number of hydrogen-bond acceptors (Lipinski definition) is 3. The molecule has 18 heavy (non-hydrogen) atoms. The van der Waals surface area contributed by atoms with Crippen LogP contribution in [0.1, 0.15) is 26.7 Å². The van der Waals surface area contributed by atoms with E-state index in [2.05, 4.69) is 5.32 Å². The standard InChI is InChI=1S/C11H20N2O5/c1-7(2)6-13(3)11(18)12-8(10(16)17)4-5-9(14)15/h7-8H,4-6H2,1-3H3,(H,12,18)(H,14,15)(H,16,17)/t8-/m0/s1. The zero-order valence-electron chi connectivity index (χ0n) is 10.8. The second-order valence-corrected chi connectivity index (χ2v) is 4.55. The summed E-state index contributed by atoms with van der Waals surface area (Å²) in [5, 5.41) is 19.7. The van der Waals surface area contributed by atoms with Crippen LogP contribution in [0.15, 0.2) is 0 Å². The Balaban J connectivity index is 4.35. The van der Waals surface area contributed by atoms with Crippen LogP contribution in [-0.2, 0) is 9.59 Å². The summed E-state index contributed by atoms with van der Waals surface area (Å²) >= 11 is 0. The van der Waals surface area contributed by atoms with E-state index in [9.17, 15) is 14.4 Å². The fourth-order valence-corrected chi connectivity index (χ4v) is 1.42. The molecule has 7 nitrogen and oxygen atoms in total. The summed E-state index contributed by atoms with van der Waals surface area (Å²) in [5.41, 5.74) is 0. The highest BCUT2D eigenvalue weighted by Gasteiger charge is 2.22. The smallest absolute Gasteiger partial charge is 0.326 e. The van der Waals surface area contributed by atoms with Gasteiger partial charge in [-0.05, 0) is 12.3 Å². The quantitative estimate of drug-likeness (QED) is 0.621. The highest BCUT2D eigenvalue weighted by atomic mass is 16.4. The van der Waals surface area contributed by atoms with Crippen LogP contribution >= 0.6 is 0 Å². The third-order valence-corrected chi connectivity index (χ3v) is 2.23. The van der Waals surface area contributed by atoms with E-state index >= 15 is 0 Å². The van der Waals surface area contributed by atoms with Crippen molar-refractivity contribution in [3.05, 3.63) is 0 Å². The first kappa shape index (κ1) is 16.2. The van der Waals surface area contributed by atoms with Crippen LogP contribution in [0.3, 0.4) is 0 Å². The average Bonchev–Trinajstić information content (AvgIpc) is 2.21. The van der Waals surface area contributed by atoms with Gasteiger partial charge in [-0.15, -0.1) is 0 Å². The highest BCUT2D eigenvalue weighted by Crippen LogP contribution is 2.01. The minimum atomic E-state index is -1.23. The first-order valence-corrected chi connectivity index (χ1v) is 5.70. The van der Waals surface area contributed by atoms with Gasteiger partial charge < -0.3 is 20.4 Å². The predicted octanol–water partition coefficient (Wildman–Crippen LogP) is 0.602. The lowest BCUT2D eigenvalue weighted by Gasteiger charge is -2.22. The Kier molecular flexibility index (Phi) is 6.77. The Bertz CT molecular complexity index is 317. The molecule has 0 aromatic carbocycles. The molecule has 7 heteroatoms. The fraction of sp³-hybridized carbons (Fsp3) is 0.727. The molecule has 0 saturated carbocycles. The maximum absolute atomic E-state index is 11.6. The molecular weight excluding hydrogens is 240 g/mol. The van der Waals surface area contributed by atoms with Gasteiger partial charge in [0.05, 0.1) is 0 Å². The van der Waals surface area contributed by atoms with Crippen molar-refractivity contribution in [2.75, 3.05) is 13.6 Å². The molecule has 1 atom stereocenters. The Hall–Kier alpha value is -1.79. The minimum Gasteiger partial charge on any atom is -0.481 e. The number of carboxylic acid groups (broad SMARTS) is 2. The van der Waals surface area contributed by atoms with Crippen molar-refractivity contribution >= 4 is 18.0 Å². The van der Waals surface area contributed by atoms with Gasteiger partial charge in [-0.2, -0.15) is 0 Å². The van der Waals surface area contributed by atoms with Crippen LogP contribution in [0, 0.1) is 5.92 Å². The summed E-state index contributed by atoms with van der Waals surface area (Å²) in [6, 6.07) is -1.69. The van der Waals surface area contributed by atoms with Gasteiger partial charge in [0.2, 0.25) is 0 Å². The van der Waals surface area contributed by atoms with Gasteiger partial charge in [0, 0.05) is 20.0 Å². The third-order valence-electron chi connectivity index (χ3n) is 2.23. The van der Waals surface area contributed by atoms with Crippen molar-refractivity contribution in [3.63, 3.8) is 0 Å². The van der Waals surface area contributed by atoms with Gasteiger partial charge in [-0.1, -0.05) is 13.8 Å². The van der Waals surface area contributed by atoms with E-state index in [-0.39, 0.29) is 18.8 Å². The van der Waals surface area contributed by atoms with Gasteiger partial charge >= 0.3 is 18.0 Å². The number of carbonyl (C=O) groups is 3. The number of carbonyl (C=O) groups excluding carboxylic acids is 1. The first-order chi connectivity index (χ1) is 8.23. The van der Waals surface area contributed by atoms with Crippen molar-refractivity contribution < 1.29 is 24.6 Å². The van der Waals surface area contributed by atoms with Crippen LogP contribution in [0.5, 0.6) is 0 Å². The maximum Gasteiger partial charge on any atom is 0.326 e. The first-order valence-electron chi connectivity index (χ1n) is 5.70. The molecule has 0 bridgehead atoms. The summed E-state index contributed by atoms with van der Waals surface area (Å²) < 4.78 is 0. The normalized spacial score (nSPS) is 12.0. The average molecular weight is 260 g/mol. The highest BCUT2D eigenvalue weighted by molar-refractivity contribution is 5.82. The molecule has 104 valence electrons. The van der Waals surface area contributed by atoms with Crippen molar-refractivity contribution in [1.29, 1.82) is 0 Å². The van der Waals surface area contributed by atoms with Gasteiger partial charge in [-0.25, -0.2) is 9.59 Å². The molecule has 0 aliphatic rings. The Labute approximate surface area is 106 Å². The molecule has 0 radical (unpaired) electrons. The molecule has 0 aliphatic heterocycles. The molecule has 0 saturated heterocycles. The Morgan fingerprint density at radius 1 is 1.22 bits per heavy atom. The van der Waals surface area contributed by atoms with Gasteiger partial charge in [-0.3, -0.25) is 4.79 Å². The third kappa shape index (κ3) is 6.72. The Morgan fingerprint density at radius 3 is 2.17 bits per heavy atom. The van der Waals surface area contributed by atoms with E-state index in [1.807, 2.05) is 13.8 Å². The van der Waals surface area contributed by atoms with E-state index < -0.39 is 24.0 Å². The largest absolute Gasteiger partial charge is 0.481 e. The van der Waals surface area contributed by atoms with Crippen molar-refractivity contribution in [3.8, 4) is 0 Å². The Morgan fingerprint density at radius 2 is 1.78 bits per heavy atom. The molecule has 0 heterocycles. The lowest BCUT2D eigenvalue weighted by Crippen LogP contribution is -2.47. The molecule has 3 N–H and O–H groups in total. The number of nitrogens with zero attached hydrogens (tertiary/aromatic N) is 1. The molecule has 0 aromatic rings. The van der Waals surface area contributed by atoms with Crippen LogP contribution in [0.2, 0.25) is 0 Å². The number of nitrogens with one attached hydrogen (secondary N) is 1. The number of amides is 2. The van der Waals surface area contributed by atoms with Crippen molar-refractivity contribution in [2.45, 2.75) is 32.7 Å². The molecule has 0 aromatic heterocycles. The predicted molar refractivity (Wildman–Crippen MR) is 64.3 cm³/mol. The number of aliphatic carboxylic acids is 2. The van der Waals surface area contributed by atoms with Crippen LogP contribution < -0.4 is 5.32 Å². The summed E-state index contributed by atoms with van der Waals surface area (Å²) in [5.74, 6) is -2.06. The van der Waals surface area contributed by atoms with Gasteiger partial charge in [0.15, 0.2) is 0 Å². The van der Waals surface area contributed by atoms with Crippen molar-refractivity contribution in [2.24, 2.45) is 5.92 Å². The molecule has 2 amide bonds. The van der Waals surface area contributed by atoms with Gasteiger partial charge in [0.1, 0.15) is 6.04 Å². The summed E-state index contributed by atoms with van der Waals surface area (Å²) in [6.07, 6.45) is -0.433. The van der Waals surface area contributed by atoms with Gasteiger partial charge in [0.25, 0.3) is 0 Å². The molecule has 0 spiro atoms. The van der Waals surface area contributed by atoms with E-state index in [0.29, 0.717) is 6.54 Å². The number of carboxylic acids is 2. The number of urea groups is 1. The minimum absolute atomic E-state index is 0.133. The lowest BCUT2D eigenvalue weighted by atomic mass is 10.1. The SMILES string of the molecule is CC(C)CN(C)C(=O)N[C@@H](CCC(=O)O)C(=O)O. The number of hydrogen-bond donors (Lipinski definition) is 3. The van der Waals surface area contributed by atoms with E-state index in [0.717, 1.165) is 0 Å². The van der Waals surface area contributed by atoms with E-state index in [1.54, 1.807) is 7.05 Å². The lowest BCUT2D eigenvalue weighted by molar-refractivity contribution is -0.140. The van der Waals surface area contributed by atoms with Crippen molar-refractivity contribution in [1.82, 2.24) is 10.2 Å². The van der Waals surface area contributed by atoms with E-state index in [1.165, 1.54) is 4.90 Å². The second kappa shape index (κ2) is 7.52. The molecule has 0 unspecified atom stereocenters. The molecular formula is C11H20N2O5. The zero-order chi connectivity index (χ0) is 14.3. The zero-order valence-corrected chi connectivity index (χ0v) is 10.8. The summed E-state index contributed by atoms with van der Waals surface area (Å²) in [6.45, 7) is 4.36.